The number of carbonyl (C=O) groups excluding carboxylic acids is 2. The molecule has 1 aliphatic rings. The molecule has 2 aromatic rings. The summed E-state index contributed by atoms with van der Waals surface area (Å²) >= 11 is 11.9. The maximum Gasteiger partial charge on any atom is 0.253 e. The third-order valence-electron chi connectivity index (χ3n) is 4.21. The Balaban J connectivity index is 1.57. The van der Waals surface area contributed by atoms with Gasteiger partial charge in [-0.15, -0.1) is 5.10 Å². The van der Waals surface area contributed by atoms with Gasteiger partial charge in [-0.2, -0.15) is 0 Å². The highest BCUT2D eigenvalue weighted by Crippen LogP contribution is 2.21. The lowest BCUT2D eigenvalue weighted by Gasteiger charge is -2.09. The molecule has 138 valence electrons. The van der Waals surface area contributed by atoms with Crippen LogP contribution in [0, 0.1) is 0 Å². The van der Waals surface area contributed by atoms with Gasteiger partial charge in [0.2, 0.25) is 5.91 Å². The molecule has 2 atom stereocenters. The van der Waals surface area contributed by atoms with E-state index in [1.54, 1.807) is 30.1 Å². The molecule has 1 fully saturated rings. The van der Waals surface area contributed by atoms with E-state index in [0.29, 0.717) is 29.2 Å². The van der Waals surface area contributed by atoms with Gasteiger partial charge in [-0.3, -0.25) is 9.59 Å². The van der Waals surface area contributed by atoms with Crippen molar-refractivity contribution in [1.82, 2.24) is 30.9 Å². The normalized spacial score (nSPS) is 19.3. The molecule has 10 heteroatoms. The first-order chi connectivity index (χ1) is 12.5. The molecule has 1 saturated heterocycles. The Hall–Kier alpha value is -2.16. The van der Waals surface area contributed by atoms with Gasteiger partial charge >= 0.3 is 0 Å². The van der Waals surface area contributed by atoms with E-state index in [9.17, 15) is 9.59 Å². The number of benzene rings is 1. The summed E-state index contributed by atoms with van der Waals surface area (Å²) in [5.74, 6) is -0.358. The van der Waals surface area contributed by atoms with E-state index in [1.807, 2.05) is 0 Å². The van der Waals surface area contributed by atoms with Crippen LogP contribution in [0.3, 0.4) is 0 Å². The number of hydrogen-bond donors (Lipinski definition) is 3. The molecule has 0 saturated carbocycles. The van der Waals surface area contributed by atoms with Gasteiger partial charge in [0.05, 0.1) is 35.4 Å². The van der Waals surface area contributed by atoms with E-state index in [0.717, 1.165) is 0 Å². The van der Waals surface area contributed by atoms with Crippen LogP contribution in [-0.4, -0.2) is 46.4 Å². The monoisotopic (exact) mass is 396 g/mol. The number of rotatable bonds is 5. The van der Waals surface area contributed by atoms with Gasteiger partial charge in [0, 0.05) is 18.6 Å². The molecule has 3 rings (SSSR count). The molecule has 0 spiro atoms. The Kier molecular flexibility index (Phi) is 5.75. The maximum absolute atomic E-state index is 12.2. The van der Waals surface area contributed by atoms with Crippen LogP contribution in [0.1, 0.15) is 28.5 Å². The lowest BCUT2D eigenvalue weighted by atomic mass is 10.1. The van der Waals surface area contributed by atoms with Crippen LogP contribution >= 0.6 is 23.2 Å². The summed E-state index contributed by atoms with van der Waals surface area (Å²) in [6, 6.07) is 4.50. The SMILES string of the molecule is CNC(=O)[C@@H]1C[C@H](n2cc(CNC(=O)c3ccc(Cl)cc3Cl)nn2)CN1. The van der Waals surface area contributed by atoms with Gasteiger partial charge < -0.3 is 16.0 Å². The number of aromatic nitrogens is 3. The Morgan fingerprint density at radius 3 is 2.92 bits per heavy atom. The van der Waals surface area contributed by atoms with Gasteiger partial charge in [0.1, 0.15) is 5.69 Å². The smallest absolute Gasteiger partial charge is 0.253 e. The van der Waals surface area contributed by atoms with Gasteiger partial charge in [0.15, 0.2) is 0 Å². The second kappa shape index (κ2) is 8.03. The molecular formula is C16H18Cl2N6O2. The third kappa shape index (κ3) is 4.14. The van der Waals surface area contributed by atoms with E-state index in [4.69, 9.17) is 23.2 Å². The van der Waals surface area contributed by atoms with Crippen LogP contribution in [0.5, 0.6) is 0 Å². The minimum absolute atomic E-state index is 0.0416. The number of amides is 2. The van der Waals surface area contributed by atoms with Crippen molar-refractivity contribution in [3.8, 4) is 0 Å². The van der Waals surface area contributed by atoms with Crippen molar-refractivity contribution in [1.29, 1.82) is 0 Å². The summed E-state index contributed by atoms with van der Waals surface area (Å²) in [6.45, 7) is 0.852. The van der Waals surface area contributed by atoms with Gasteiger partial charge in [0.25, 0.3) is 5.91 Å². The second-order valence-corrected chi connectivity index (χ2v) is 6.80. The second-order valence-electron chi connectivity index (χ2n) is 5.96. The summed E-state index contributed by atoms with van der Waals surface area (Å²) < 4.78 is 1.71. The number of nitrogens with one attached hydrogen (secondary N) is 3. The zero-order valence-electron chi connectivity index (χ0n) is 14.0. The van der Waals surface area contributed by atoms with Crippen LogP contribution in [0.15, 0.2) is 24.4 Å². The van der Waals surface area contributed by atoms with Crippen molar-refractivity contribution in [3.63, 3.8) is 0 Å². The fraction of sp³-hybridized carbons (Fsp3) is 0.375. The first kappa shape index (κ1) is 18.6. The highest BCUT2D eigenvalue weighted by Gasteiger charge is 2.30. The van der Waals surface area contributed by atoms with Crippen LogP contribution in [-0.2, 0) is 11.3 Å². The predicted octanol–water partition coefficient (Wildman–Crippen LogP) is 1.16. The molecule has 0 radical (unpaired) electrons. The van der Waals surface area contributed by atoms with E-state index in [1.165, 1.54) is 6.07 Å². The largest absolute Gasteiger partial charge is 0.358 e. The molecule has 3 N–H and O–H groups in total. The maximum atomic E-state index is 12.2. The molecular weight excluding hydrogens is 379 g/mol. The highest BCUT2D eigenvalue weighted by atomic mass is 35.5. The van der Waals surface area contributed by atoms with Crippen LogP contribution in [0.2, 0.25) is 10.0 Å². The fourth-order valence-corrected chi connectivity index (χ4v) is 3.30. The molecule has 0 bridgehead atoms. The summed E-state index contributed by atoms with van der Waals surface area (Å²) in [6.07, 6.45) is 2.40. The summed E-state index contributed by atoms with van der Waals surface area (Å²) in [5.41, 5.74) is 0.962. The van der Waals surface area contributed by atoms with Crippen molar-refractivity contribution in [2.24, 2.45) is 0 Å². The lowest BCUT2D eigenvalue weighted by Crippen LogP contribution is -2.38. The summed E-state index contributed by atoms with van der Waals surface area (Å²) in [7, 11) is 1.61. The Morgan fingerprint density at radius 1 is 1.38 bits per heavy atom. The average Bonchev–Trinajstić information content (AvgIpc) is 3.28. The minimum atomic E-state index is -0.316. The molecule has 26 heavy (non-hydrogen) atoms. The first-order valence-electron chi connectivity index (χ1n) is 8.07. The van der Waals surface area contributed by atoms with Crippen molar-refractivity contribution in [3.05, 3.63) is 45.7 Å². The number of nitrogens with zero attached hydrogens (tertiary/aromatic N) is 3. The summed E-state index contributed by atoms with van der Waals surface area (Å²) in [5, 5.41) is 17.5. The molecule has 0 unspecified atom stereocenters. The quantitative estimate of drug-likeness (QED) is 0.703. The minimum Gasteiger partial charge on any atom is -0.358 e. The standard InChI is InChI=1S/C16H18Cl2N6O2/c1-19-16(26)14-5-11(7-20-14)24-8-10(22-23-24)6-21-15(25)12-3-2-9(17)4-13(12)18/h2-4,8,11,14,20H,5-7H2,1H3,(H,19,26)(H,21,25)/t11-,14-/m0/s1. The zero-order valence-corrected chi connectivity index (χ0v) is 15.5. The zero-order chi connectivity index (χ0) is 18.7. The number of carbonyl (C=O) groups is 2. The van der Waals surface area contributed by atoms with Gasteiger partial charge in [-0.05, 0) is 24.6 Å². The topological polar surface area (TPSA) is 101 Å². The van der Waals surface area contributed by atoms with Gasteiger partial charge in [-0.1, -0.05) is 28.4 Å². The van der Waals surface area contributed by atoms with E-state index in [-0.39, 0.29) is 35.5 Å². The van der Waals surface area contributed by atoms with Crippen LogP contribution < -0.4 is 16.0 Å². The molecule has 2 amide bonds. The lowest BCUT2D eigenvalue weighted by molar-refractivity contribution is -0.122. The van der Waals surface area contributed by atoms with Crippen molar-refractivity contribution < 1.29 is 9.59 Å². The Labute approximate surface area is 160 Å². The first-order valence-corrected chi connectivity index (χ1v) is 8.82. The van der Waals surface area contributed by atoms with Crippen molar-refractivity contribution in [2.75, 3.05) is 13.6 Å². The van der Waals surface area contributed by atoms with Crippen molar-refractivity contribution in [2.45, 2.75) is 25.0 Å². The third-order valence-corrected chi connectivity index (χ3v) is 4.76. The predicted molar refractivity (Wildman–Crippen MR) is 97.2 cm³/mol. The Bertz CT molecular complexity index is 825. The average molecular weight is 397 g/mol. The van der Waals surface area contributed by atoms with E-state index >= 15 is 0 Å². The molecule has 1 aromatic heterocycles. The van der Waals surface area contributed by atoms with Crippen LogP contribution in [0.25, 0.3) is 0 Å². The number of halogens is 2. The van der Waals surface area contributed by atoms with Gasteiger partial charge in [-0.25, -0.2) is 4.68 Å². The van der Waals surface area contributed by atoms with Crippen LogP contribution in [0.4, 0.5) is 0 Å². The Morgan fingerprint density at radius 2 is 2.19 bits per heavy atom. The van der Waals surface area contributed by atoms with Crippen molar-refractivity contribution >= 4 is 35.0 Å². The highest BCUT2D eigenvalue weighted by molar-refractivity contribution is 6.36. The molecule has 0 aliphatic carbocycles. The molecule has 8 nitrogen and oxygen atoms in total. The van der Waals surface area contributed by atoms with E-state index in [2.05, 4.69) is 26.3 Å². The number of hydrogen-bond acceptors (Lipinski definition) is 5. The molecule has 1 aromatic carbocycles. The fourth-order valence-electron chi connectivity index (χ4n) is 2.81. The molecule has 2 heterocycles. The summed E-state index contributed by atoms with van der Waals surface area (Å²) in [4.78, 5) is 23.9. The number of likely N-dealkylation sites (N-methyl/N-ethyl adjacent to an activating group) is 1. The molecule has 1 aliphatic heterocycles. The van der Waals surface area contributed by atoms with E-state index < -0.39 is 0 Å².